The molecule has 4 heterocycles. The molecule has 4 fully saturated rings. The number of rotatable bonds is 1. The van der Waals surface area contributed by atoms with E-state index in [0.29, 0.717) is 51.6 Å². The molecule has 6 nitrogen and oxygen atoms in total. The van der Waals surface area contributed by atoms with E-state index < -0.39 is 11.7 Å². The number of carbonyl (C=O) groups excluding carboxylic acids is 1. The maximum absolute atomic E-state index is 13.3. The van der Waals surface area contributed by atoms with Crippen LogP contribution >= 0.6 is 0 Å². The van der Waals surface area contributed by atoms with Gasteiger partial charge in [0.25, 0.3) is 0 Å². The fraction of sp³-hybridized carbons (Fsp3) is 0.609. The fourth-order valence-corrected chi connectivity index (χ4v) is 5.57. The predicted octanol–water partition coefficient (Wildman–Crippen LogP) is 3.22. The number of aryl methyl sites for hydroxylation is 1. The van der Waals surface area contributed by atoms with Crippen LogP contribution in [0.2, 0.25) is 0 Å². The number of anilines is 1. The molecule has 1 aromatic carbocycles. The first-order chi connectivity index (χ1) is 15.1. The summed E-state index contributed by atoms with van der Waals surface area (Å²) < 4.78 is 45.6. The standard InChI is InChI=1S/C23H29F3N4O2/c1-15-3-4-17(9-18(15)23(24,25)26)30-13-22(14-30)6-8-29(12-22)21(31)28-7-5-20-19(10-28)27-16(2)11-32-20/h3-4,9,19-20,27H,2,5-8,10-14H2,1H3. The summed E-state index contributed by atoms with van der Waals surface area (Å²) in [4.78, 5) is 18.9. The normalized spacial score (nSPS) is 27.2. The van der Waals surface area contributed by atoms with Gasteiger partial charge in [-0.25, -0.2) is 4.79 Å². The maximum atomic E-state index is 13.3. The number of urea groups is 1. The summed E-state index contributed by atoms with van der Waals surface area (Å²) in [5.74, 6) is 0. The minimum absolute atomic E-state index is 0.0300. The number of morpholine rings is 1. The molecule has 1 spiro atoms. The molecule has 0 aromatic heterocycles. The minimum Gasteiger partial charge on any atom is -0.380 e. The number of nitrogens with one attached hydrogen (secondary N) is 1. The highest BCUT2D eigenvalue weighted by molar-refractivity contribution is 5.75. The predicted molar refractivity (Wildman–Crippen MR) is 114 cm³/mol. The molecule has 2 unspecified atom stereocenters. The van der Waals surface area contributed by atoms with Gasteiger partial charge in [-0.1, -0.05) is 12.6 Å². The average Bonchev–Trinajstić information content (AvgIpc) is 3.17. The number of hydrogen-bond donors (Lipinski definition) is 1. The zero-order chi connectivity index (χ0) is 22.7. The van der Waals surface area contributed by atoms with Crippen molar-refractivity contribution in [2.75, 3.05) is 50.8 Å². The molecule has 4 aliphatic heterocycles. The lowest BCUT2D eigenvalue weighted by Crippen LogP contribution is -2.61. The molecule has 2 atom stereocenters. The van der Waals surface area contributed by atoms with Gasteiger partial charge < -0.3 is 24.8 Å². The van der Waals surface area contributed by atoms with Crippen molar-refractivity contribution in [3.8, 4) is 0 Å². The molecular weight excluding hydrogens is 421 g/mol. The van der Waals surface area contributed by atoms with Gasteiger partial charge in [-0.05, 0) is 37.5 Å². The Hall–Kier alpha value is -2.42. The van der Waals surface area contributed by atoms with E-state index in [2.05, 4.69) is 11.9 Å². The van der Waals surface area contributed by atoms with E-state index in [-0.39, 0.29) is 29.2 Å². The van der Waals surface area contributed by atoms with Gasteiger partial charge in [0.15, 0.2) is 0 Å². The van der Waals surface area contributed by atoms with Crippen LogP contribution in [0.3, 0.4) is 0 Å². The third-order valence-electron chi connectivity index (χ3n) is 7.33. The highest BCUT2D eigenvalue weighted by Crippen LogP contribution is 2.43. The summed E-state index contributed by atoms with van der Waals surface area (Å²) in [5, 5.41) is 3.36. The summed E-state index contributed by atoms with van der Waals surface area (Å²) >= 11 is 0. The van der Waals surface area contributed by atoms with Crippen LogP contribution in [0.15, 0.2) is 30.5 Å². The SMILES string of the molecule is C=C1COC2CCN(C(=O)N3CCC4(C3)CN(c3ccc(C)c(C(F)(F)F)c3)C4)CC2N1. The maximum Gasteiger partial charge on any atom is 0.416 e. The van der Waals surface area contributed by atoms with Gasteiger partial charge in [0.1, 0.15) is 0 Å². The average molecular weight is 451 g/mol. The Morgan fingerprint density at radius 1 is 1.22 bits per heavy atom. The van der Waals surface area contributed by atoms with Crippen molar-refractivity contribution in [1.29, 1.82) is 0 Å². The van der Waals surface area contributed by atoms with E-state index in [0.717, 1.165) is 18.5 Å². The molecule has 174 valence electrons. The van der Waals surface area contributed by atoms with E-state index in [1.165, 1.54) is 19.1 Å². The Morgan fingerprint density at radius 2 is 2.00 bits per heavy atom. The number of ether oxygens (including phenoxy) is 1. The number of nitrogens with zero attached hydrogens (tertiary/aromatic N) is 3. The molecule has 4 saturated heterocycles. The third-order valence-corrected chi connectivity index (χ3v) is 7.33. The molecule has 2 amide bonds. The first kappa shape index (κ1) is 21.4. The first-order valence-electron chi connectivity index (χ1n) is 11.2. The van der Waals surface area contributed by atoms with E-state index in [1.54, 1.807) is 6.07 Å². The van der Waals surface area contributed by atoms with Crippen LogP contribution in [-0.2, 0) is 10.9 Å². The van der Waals surface area contributed by atoms with Crippen molar-refractivity contribution in [3.63, 3.8) is 0 Å². The number of carbonyl (C=O) groups is 1. The van der Waals surface area contributed by atoms with Gasteiger partial charge in [0.2, 0.25) is 0 Å². The third kappa shape index (κ3) is 3.80. The highest BCUT2D eigenvalue weighted by atomic mass is 19.4. The first-order valence-corrected chi connectivity index (χ1v) is 11.2. The van der Waals surface area contributed by atoms with Crippen LogP contribution in [0, 0.1) is 12.3 Å². The van der Waals surface area contributed by atoms with Crippen LogP contribution in [0.25, 0.3) is 0 Å². The second-order valence-corrected chi connectivity index (χ2v) is 9.75. The Bertz CT molecular complexity index is 928. The topological polar surface area (TPSA) is 48.1 Å². The number of piperidine rings is 1. The van der Waals surface area contributed by atoms with Gasteiger partial charge in [-0.3, -0.25) is 0 Å². The van der Waals surface area contributed by atoms with Crippen molar-refractivity contribution in [2.45, 2.75) is 38.1 Å². The lowest BCUT2D eigenvalue weighted by molar-refractivity contribution is -0.138. The highest BCUT2D eigenvalue weighted by Gasteiger charge is 2.50. The second kappa shape index (κ2) is 7.57. The van der Waals surface area contributed by atoms with Crippen LogP contribution in [0.4, 0.5) is 23.7 Å². The van der Waals surface area contributed by atoms with Gasteiger partial charge in [-0.2, -0.15) is 13.2 Å². The quantitative estimate of drug-likeness (QED) is 0.714. The molecule has 1 N–H and O–H groups in total. The Labute approximate surface area is 186 Å². The van der Waals surface area contributed by atoms with Crippen LogP contribution in [0.1, 0.15) is 24.0 Å². The molecule has 1 aromatic rings. The number of alkyl halides is 3. The Morgan fingerprint density at radius 3 is 2.75 bits per heavy atom. The monoisotopic (exact) mass is 450 g/mol. The van der Waals surface area contributed by atoms with E-state index in [4.69, 9.17) is 4.74 Å². The van der Waals surface area contributed by atoms with E-state index >= 15 is 0 Å². The van der Waals surface area contributed by atoms with Gasteiger partial charge >= 0.3 is 12.2 Å². The molecule has 5 rings (SSSR count). The number of halogens is 3. The van der Waals surface area contributed by atoms with E-state index in [9.17, 15) is 18.0 Å². The molecule has 0 aliphatic carbocycles. The van der Waals surface area contributed by atoms with Crippen molar-refractivity contribution < 1.29 is 22.7 Å². The molecule has 4 aliphatic rings. The minimum atomic E-state index is -4.35. The Balaban J connectivity index is 1.19. The van der Waals surface area contributed by atoms with Crippen molar-refractivity contribution >= 4 is 11.7 Å². The molecular formula is C23H29F3N4O2. The van der Waals surface area contributed by atoms with Crippen molar-refractivity contribution in [2.24, 2.45) is 5.41 Å². The number of benzene rings is 1. The van der Waals surface area contributed by atoms with Crippen molar-refractivity contribution in [3.05, 3.63) is 41.6 Å². The summed E-state index contributed by atoms with van der Waals surface area (Å²) in [7, 11) is 0. The number of amides is 2. The number of hydrogen-bond acceptors (Lipinski definition) is 4. The van der Waals surface area contributed by atoms with Crippen LogP contribution < -0.4 is 10.2 Å². The number of fused-ring (bicyclic) bond motifs is 1. The zero-order valence-corrected chi connectivity index (χ0v) is 18.2. The van der Waals surface area contributed by atoms with Gasteiger partial charge in [0, 0.05) is 56.1 Å². The molecule has 0 saturated carbocycles. The summed E-state index contributed by atoms with van der Waals surface area (Å²) in [5.41, 5.74) is 1.08. The second-order valence-electron chi connectivity index (χ2n) is 9.75. The molecule has 32 heavy (non-hydrogen) atoms. The van der Waals surface area contributed by atoms with Gasteiger partial charge in [0.05, 0.1) is 24.3 Å². The molecule has 9 heteroatoms. The fourth-order valence-electron chi connectivity index (χ4n) is 5.57. The van der Waals surface area contributed by atoms with Gasteiger partial charge in [-0.15, -0.1) is 0 Å². The summed E-state index contributed by atoms with van der Waals surface area (Å²) in [6, 6.07) is 4.67. The zero-order valence-electron chi connectivity index (χ0n) is 18.2. The van der Waals surface area contributed by atoms with Crippen LogP contribution in [-0.4, -0.2) is 73.9 Å². The number of likely N-dealkylation sites (tertiary alicyclic amines) is 2. The summed E-state index contributed by atoms with van der Waals surface area (Å²) in [6.45, 7) is 9.91. The molecule has 0 bridgehead atoms. The van der Waals surface area contributed by atoms with Crippen LogP contribution in [0.5, 0.6) is 0 Å². The molecule has 0 radical (unpaired) electrons. The van der Waals surface area contributed by atoms with Crippen molar-refractivity contribution in [1.82, 2.24) is 15.1 Å². The van der Waals surface area contributed by atoms with E-state index in [1.807, 2.05) is 14.7 Å². The lowest BCUT2D eigenvalue weighted by atomic mass is 9.78. The smallest absolute Gasteiger partial charge is 0.380 e. The summed E-state index contributed by atoms with van der Waals surface area (Å²) in [6.07, 6.45) is -2.55. The lowest BCUT2D eigenvalue weighted by Gasteiger charge is -2.49. The Kier molecular flexibility index (Phi) is 5.07. The largest absolute Gasteiger partial charge is 0.416 e.